The largest absolute Gasteiger partial charge is 0.306 e. The maximum absolute atomic E-state index is 12.8. The fourth-order valence-electron chi connectivity index (χ4n) is 2.84. The predicted molar refractivity (Wildman–Crippen MR) is 106 cm³/mol. The molecule has 3 aromatic rings. The zero-order valence-corrected chi connectivity index (χ0v) is 16.2. The van der Waals surface area contributed by atoms with E-state index in [2.05, 4.69) is 25.9 Å². The summed E-state index contributed by atoms with van der Waals surface area (Å²) in [6.07, 6.45) is 0.258. The van der Waals surface area contributed by atoms with E-state index in [4.69, 9.17) is 0 Å². The van der Waals surface area contributed by atoms with E-state index in [9.17, 15) is 9.59 Å². The molecule has 1 heterocycles. The molecule has 0 unspecified atom stereocenters. The molecule has 0 amide bonds. The second-order valence-electron chi connectivity index (χ2n) is 6.84. The molecular formula is C21H19BrN2O2. The van der Waals surface area contributed by atoms with Crippen LogP contribution in [0.3, 0.4) is 0 Å². The summed E-state index contributed by atoms with van der Waals surface area (Å²) in [4.78, 5) is 31.9. The van der Waals surface area contributed by atoms with E-state index in [1.165, 1.54) is 6.07 Å². The molecule has 0 aliphatic carbocycles. The third kappa shape index (κ3) is 4.17. The Labute approximate surface area is 160 Å². The number of aromatic amines is 1. The Morgan fingerprint density at radius 3 is 2.50 bits per heavy atom. The number of rotatable bonds is 5. The highest BCUT2D eigenvalue weighted by molar-refractivity contribution is 9.10. The SMILES string of the molecule is CC(C)(CC(=O)c1cc(=O)[nH]c(-c2ccccc2)n1)c1cccc(Br)c1. The van der Waals surface area contributed by atoms with Gasteiger partial charge < -0.3 is 4.98 Å². The van der Waals surface area contributed by atoms with E-state index in [0.29, 0.717) is 5.82 Å². The number of hydrogen-bond acceptors (Lipinski definition) is 3. The Kier molecular flexibility index (Phi) is 5.18. The van der Waals surface area contributed by atoms with Crippen LogP contribution < -0.4 is 5.56 Å². The molecule has 5 heteroatoms. The molecule has 0 bridgehead atoms. The van der Waals surface area contributed by atoms with E-state index >= 15 is 0 Å². The molecular weight excluding hydrogens is 392 g/mol. The zero-order chi connectivity index (χ0) is 18.7. The molecule has 0 atom stereocenters. The van der Waals surface area contributed by atoms with E-state index in [-0.39, 0.29) is 28.9 Å². The van der Waals surface area contributed by atoms with Gasteiger partial charge in [0.1, 0.15) is 11.5 Å². The zero-order valence-electron chi connectivity index (χ0n) is 14.6. The lowest BCUT2D eigenvalue weighted by atomic mass is 9.80. The van der Waals surface area contributed by atoms with Crippen LogP contribution in [-0.4, -0.2) is 15.8 Å². The first kappa shape index (κ1) is 18.3. The topological polar surface area (TPSA) is 62.8 Å². The maximum Gasteiger partial charge on any atom is 0.251 e. The Morgan fingerprint density at radius 1 is 1.08 bits per heavy atom. The lowest BCUT2D eigenvalue weighted by Gasteiger charge is -2.24. The van der Waals surface area contributed by atoms with Crippen LogP contribution in [-0.2, 0) is 5.41 Å². The highest BCUT2D eigenvalue weighted by Gasteiger charge is 2.26. The minimum atomic E-state index is -0.377. The second kappa shape index (κ2) is 7.38. The number of aromatic nitrogens is 2. The molecule has 0 saturated carbocycles. The standard InChI is InChI=1S/C21H19BrN2O2/c1-21(2,15-9-6-10-16(22)11-15)13-18(25)17-12-19(26)24-20(23-17)14-7-4-3-5-8-14/h3-12H,13H2,1-2H3,(H,23,24,26). The van der Waals surface area contributed by atoms with Gasteiger partial charge in [-0.15, -0.1) is 0 Å². The van der Waals surface area contributed by atoms with Gasteiger partial charge in [-0.1, -0.05) is 72.2 Å². The van der Waals surface area contributed by atoms with Crippen molar-refractivity contribution in [1.29, 1.82) is 0 Å². The van der Waals surface area contributed by atoms with Crippen molar-refractivity contribution >= 4 is 21.7 Å². The van der Waals surface area contributed by atoms with Crippen molar-refractivity contribution in [2.24, 2.45) is 0 Å². The number of benzene rings is 2. The summed E-state index contributed by atoms with van der Waals surface area (Å²) in [6.45, 7) is 4.02. The Morgan fingerprint density at radius 2 is 1.81 bits per heavy atom. The number of Topliss-reactive ketones (excluding diaryl/α,β-unsaturated/α-hetero) is 1. The van der Waals surface area contributed by atoms with E-state index < -0.39 is 0 Å². The molecule has 1 aromatic heterocycles. The minimum absolute atomic E-state index is 0.154. The third-order valence-corrected chi connectivity index (χ3v) is 4.78. The van der Waals surface area contributed by atoms with E-state index in [1.54, 1.807) is 0 Å². The molecule has 0 spiro atoms. The van der Waals surface area contributed by atoms with Crippen molar-refractivity contribution in [2.45, 2.75) is 25.7 Å². The highest BCUT2D eigenvalue weighted by Crippen LogP contribution is 2.30. The van der Waals surface area contributed by atoms with E-state index in [1.807, 2.05) is 68.4 Å². The van der Waals surface area contributed by atoms with Crippen molar-refractivity contribution in [3.63, 3.8) is 0 Å². The molecule has 0 saturated heterocycles. The highest BCUT2D eigenvalue weighted by atomic mass is 79.9. The summed E-state index contributed by atoms with van der Waals surface area (Å²) in [7, 11) is 0. The van der Waals surface area contributed by atoms with Crippen LogP contribution in [0.15, 0.2) is 69.9 Å². The van der Waals surface area contributed by atoms with Crippen molar-refractivity contribution in [3.05, 3.63) is 86.7 Å². The van der Waals surface area contributed by atoms with Gasteiger partial charge in [0.15, 0.2) is 5.78 Å². The number of halogens is 1. The number of nitrogens with one attached hydrogen (secondary N) is 1. The summed E-state index contributed by atoms with van der Waals surface area (Å²) in [5.41, 5.74) is 1.30. The molecule has 0 radical (unpaired) electrons. The second-order valence-corrected chi connectivity index (χ2v) is 7.76. The fraction of sp³-hybridized carbons (Fsp3) is 0.190. The van der Waals surface area contributed by atoms with Gasteiger partial charge in [0.05, 0.1) is 0 Å². The first-order valence-corrected chi connectivity index (χ1v) is 9.10. The average molecular weight is 411 g/mol. The molecule has 26 heavy (non-hydrogen) atoms. The van der Waals surface area contributed by atoms with Gasteiger partial charge in [-0.2, -0.15) is 0 Å². The molecule has 132 valence electrons. The lowest BCUT2D eigenvalue weighted by Crippen LogP contribution is -2.24. The number of H-pyrrole nitrogens is 1. The third-order valence-electron chi connectivity index (χ3n) is 4.28. The van der Waals surface area contributed by atoms with Crippen LogP contribution in [0.4, 0.5) is 0 Å². The maximum atomic E-state index is 12.8. The number of carbonyl (C=O) groups excluding carboxylic acids is 1. The quantitative estimate of drug-likeness (QED) is 0.617. The Balaban J connectivity index is 1.91. The molecule has 0 fully saturated rings. The smallest absolute Gasteiger partial charge is 0.251 e. The lowest BCUT2D eigenvalue weighted by molar-refractivity contribution is 0.0953. The first-order valence-electron chi connectivity index (χ1n) is 8.31. The molecule has 3 rings (SSSR count). The van der Waals surface area contributed by atoms with Gasteiger partial charge >= 0.3 is 0 Å². The summed E-state index contributed by atoms with van der Waals surface area (Å²) in [5.74, 6) is 0.250. The molecule has 0 aliphatic rings. The Bertz CT molecular complexity index is 994. The van der Waals surface area contributed by atoms with Crippen LogP contribution in [0, 0.1) is 0 Å². The molecule has 4 nitrogen and oxygen atoms in total. The van der Waals surface area contributed by atoms with Gasteiger partial charge in [-0.05, 0) is 23.1 Å². The number of nitrogens with zero attached hydrogens (tertiary/aromatic N) is 1. The number of hydrogen-bond donors (Lipinski definition) is 1. The number of carbonyl (C=O) groups is 1. The normalized spacial score (nSPS) is 11.3. The minimum Gasteiger partial charge on any atom is -0.306 e. The monoisotopic (exact) mass is 410 g/mol. The first-order chi connectivity index (χ1) is 12.3. The van der Waals surface area contributed by atoms with Crippen LogP contribution in [0.2, 0.25) is 0 Å². The van der Waals surface area contributed by atoms with Crippen LogP contribution in [0.25, 0.3) is 11.4 Å². The van der Waals surface area contributed by atoms with Crippen molar-refractivity contribution in [1.82, 2.24) is 9.97 Å². The Hall–Kier alpha value is -2.53. The van der Waals surface area contributed by atoms with E-state index in [0.717, 1.165) is 15.6 Å². The van der Waals surface area contributed by atoms with Crippen LogP contribution >= 0.6 is 15.9 Å². The van der Waals surface area contributed by atoms with Crippen LogP contribution in [0.1, 0.15) is 36.3 Å². The van der Waals surface area contributed by atoms with Gasteiger partial charge in [-0.3, -0.25) is 9.59 Å². The summed E-state index contributed by atoms with van der Waals surface area (Å²) in [6, 6.07) is 18.5. The summed E-state index contributed by atoms with van der Waals surface area (Å²) < 4.78 is 0.969. The molecule has 1 N–H and O–H groups in total. The van der Waals surface area contributed by atoms with Gasteiger partial charge in [0.25, 0.3) is 5.56 Å². The van der Waals surface area contributed by atoms with Crippen molar-refractivity contribution < 1.29 is 4.79 Å². The van der Waals surface area contributed by atoms with Crippen molar-refractivity contribution in [2.75, 3.05) is 0 Å². The fourth-order valence-corrected chi connectivity index (χ4v) is 3.24. The molecule has 0 aliphatic heterocycles. The number of ketones is 1. The van der Waals surface area contributed by atoms with Crippen LogP contribution in [0.5, 0.6) is 0 Å². The average Bonchev–Trinajstić information content (AvgIpc) is 2.61. The van der Waals surface area contributed by atoms with Crippen molar-refractivity contribution in [3.8, 4) is 11.4 Å². The van der Waals surface area contributed by atoms with Gasteiger partial charge in [0, 0.05) is 22.5 Å². The molecule has 2 aromatic carbocycles. The summed E-state index contributed by atoms with van der Waals surface area (Å²) in [5, 5.41) is 0. The van der Waals surface area contributed by atoms with Gasteiger partial charge in [0.2, 0.25) is 0 Å². The predicted octanol–water partition coefficient (Wildman–Crippen LogP) is 4.75. The summed E-state index contributed by atoms with van der Waals surface area (Å²) >= 11 is 3.47. The van der Waals surface area contributed by atoms with Gasteiger partial charge in [-0.25, -0.2) is 4.98 Å².